The van der Waals surface area contributed by atoms with E-state index in [1.165, 1.54) is 0 Å². The minimum atomic E-state index is -3.71. The van der Waals surface area contributed by atoms with Crippen LogP contribution in [0.1, 0.15) is 53.4 Å². The first-order valence-corrected chi connectivity index (χ1v) is 13.9. The first-order valence-electron chi connectivity index (χ1n) is 12.0. The fourth-order valence-corrected chi connectivity index (χ4v) is 5.23. The highest BCUT2D eigenvalue weighted by atomic mass is 32.2. The highest BCUT2D eigenvalue weighted by Crippen LogP contribution is 2.28. The summed E-state index contributed by atoms with van der Waals surface area (Å²) in [6, 6.07) is 18.0. The fourth-order valence-electron chi connectivity index (χ4n) is 4.26. The molecule has 0 saturated carbocycles. The summed E-state index contributed by atoms with van der Waals surface area (Å²) in [5.74, 6) is -0.761. The monoisotopic (exact) mass is 521 g/mol. The van der Waals surface area contributed by atoms with Crippen LogP contribution in [-0.2, 0) is 20.2 Å². The molecule has 3 aromatic rings. The van der Waals surface area contributed by atoms with Gasteiger partial charge < -0.3 is 10.6 Å². The summed E-state index contributed by atoms with van der Waals surface area (Å²) in [4.78, 5) is 25.6. The van der Waals surface area contributed by atoms with Crippen molar-refractivity contribution in [2.45, 2.75) is 47.0 Å². The number of benzene rings is 3. The van der Waals surface area contributed by atoms with Crippen LogP contribution in [0.3, 0.4) is 0 Å². The number of nitrogens with zero attached hydrogens (tertiary/aromatic N) is 1. The van der Waals surface area contributed by atoms with Gasteiger partial charge in [0, 0.05) is 16.9 Å². The number of amides is 2. The van der Waals surface area contributed by atoms with E-state index >= 15 is 0 Å². The predicted octanol–water partition coefficient (Wildman–Crippen LogP) is 5.57. The van der Waals surface area contributed by atoms with Crippen LogP contribution in [0.4, 0.5) is 17.1 Å². The minimum absolute atomic E-state index is 0.00885. The number of hydrogen-bond donors (Lipinski definition) is 2. The maximum Gasteiger partial charge on any atom is 0.255 e. The lowest BCUT2D eigenvalue weighted by atomic mass is 9.87. The molecule has 0 spiro atoms. The molecule has 0 bridgehead atoms. The van der Waals surface area contributed by atoms with E-state index in [2.05, 4.69) is 31.4 Å². The highest BCUT2D eigenvalue weighted by Gasteiger charge is 2.24. The lowest BCUT2D eigenvalue weighted by Crippen LogP contribution is -2.38. The van der Waals surface area contributed by atoms with Crippen molar-refractivity contribution in [3.05, 3.63) is 88.5 Å². The maximum atomic E-state index is 12.9. The zero-order chi connectivity index (χ0) is 27.5. The third-order valence-electron chi connectivity index (χ3n) is 5.99. The Hall–Kier alpha value is -3.65. The van der Waals surface area contributed by atoms with Crippen molar-refractivity contribution in [1.82, 2.24) is 0 Å². The second-order valence-corrected chi connectivity index (χ2v) is 12.3. The summed E-state index contributed by atoms with van der Waals surface area (Å²) >= 11 is 0. The van der Waals surface area contributed by atoms with Crippen molar-refractivity contribution in [2.24, 2.45) is 0 Å². The molecule has 0 unspecified atom stereocenters. The van der Waals surface area contributed by atoms with Crippen molar-refractivity contribution >= 4 is 38.9 Å². The smallest absolute Gasteiger partial charge is 0.255 e. The second kappa shape index (κ2) is 10.8. The number of carbonyl (C=O) groups excluding carboxylic acids is 2. The molecule has 0 aliphatic carbocycles. The molecule has 0 saturated heterocycles. The number of hydrogen-bond acceptors (Lipinski definition) is 4. The topological polar surface area (TPSA) is 95.6 Å². The number of anilines is 3. The van der Waals surface area contributed by atoms with Gasteiger partial charge >= 0.3 is 0 Å². The molecular weight excluding hydrogens is 486 g/mol. The predicted molar refractivity (Wildman–Crippen MR) is 151 cm³/mol. The Morgan fingerprint density at radius 1 is 0.838 bits per heavy atom. The normalized spacial score (nSPS) is 11.6. The third-order valence-corrected chi connectivity index (χ3v) is 7.10. The van der Waals surface area contributed by atoms with Crippen LogP contribution in [0.5, 0.6) is 0 Å². The molecule has 3 aromatic carbocycles. The summed E-state index contributed by atoms with van der Waals surface area (Å²) in [5, 5.41) is 5.59. The van der Waals surface area contributed by atoms with Gasteiger partial charge in [-0.05, 0) is 73.2 Å². The molecule has 0 heterocycles. The molecule has 0 aliphatic heterocycles. The molecule has 0 radical (unpaired) electrons. The summed E-state index contributed by atoms with van der Waals surface area (Å²) in [6.07, 6.45) is 1.09. The first-order chi connectivity index (χ1) is 17.1. The Balaban J connectivity index is 1.74. The van der Waals surface area contributed by atoms with E-state index in [0.717, 1.165) is 32.8 Å². The van der Waals surface area contributed by atoms with Crippen LogP contribution in [-0.4, -0.2) is 33.0 Å². The zero-order valence-corrected chi connectivity index (χ0v) is 23.3. The Kier molecular flexibility index (Phi) is 8.12. The third kappa shape index (κ3) is 7.20. The van der Waals surface area contributed by atoms with E-state index in [-0.39, 0.29) is 17.9 Å². The van der Waals surface area contributed by atoms with Gasteiger partial charge in [-0.25, -0.2) is 8.42 Å². The summed E-state index contributed by atoms with van der Waals surface area (Å²) in [5.41, 5.74) is 5.66. The van der Waals surface area contributed by atoms with Crippen LogP contribution in [0.25, 0.3) is 0 Å². The van der Waals surface area contributed by atoms with Gasteiger partial charge in [-0.15, -0.1) is 0 Å². The van der Waals surface area contributed by atoms with Gasteiger partial charge in [-0.1, -0.05) is 56.7 Å². The molecule has 196 valence electrons. The molecule has 37 heavy (non-hydrogen) atoms. The lowest BCUT2D eigenvalue weighted by molar-refractivity contribution is -0.114. The number of nitrogens with one attached hydrogen (secondary N) is 2. The molecule has 2 N–H and O–H groups in total. The van der Waals surface area contributed by atoms with E-state index in [0.29, 0.717) is 22.6 Å². The number of sulfonamides is 1. The number of rotatable bonds is 7. The van der Waals surface area contributed by atoms with Crippen LogP contribution < -0.4 is 14.9 Å². The van der Waals surface area contributed by atoms with Gasteiger partial charge in [0.15, 0.2) is 0 Å². The van der Waals surface area contributed by atoms with Gasteiger partial charge in [0.25, 0.3) is 5.91 Å². The summed E-state index contributed by atoms with van der Waals surface area (Å²) in [7, 11) is -3.71. The van der Waals surface area contributed by atoms with E-state index in [1.54, 1.807) is 36.4 Å². The molecule has 8 heteroatoms. The Labute approximate surface area is 220 Å². The van der Waals surface area contributed by atoms with Gasteiger partial charge in [-0.2, -0.15) is 0 Å². The molecule has 2 amide bonds. The molecule has 3 rings (SSSR count). The largest absolute Gasteiger partial charge is 0.324 e. The standard InChI is InChI=1S/C29H35N3O4S/c1-19-15-20(2)27(21(3)16-19)32(37(7,35)36)18-26(33)30-24-9-8-10-25(17-24)31-28(34)22-11-13-23(14-12-22)29(4,5)6/h8-17H,18H2,1-7H3,(H,30,33)(H,31,34). The maximum absolute atomic E-state index is 12.9. The van der Waals surface area contributed by atoms with Crippen molar-refractivity contribution in [1.29, 1.82) is 0 Å². The van der Waals surface area contributed by atoms with Crippen molar-refractivity contribution in [3.8, 4) is 0 Å². The van der Waals surface area contributed by atoms with E-state index in [1.807, 2.05) is 45.0 Å². The van der Waals surface area contributed by atoms with Gasteiger partial charge in [0.1, 0.15) is 6.54 Å². The van der Waals surface area contributed by atoms with E-state index < -0.39 is 15.9 Å². The van der Waals surface area contributed by atoms with Crippen LogP contribution >= 0.6 is 0 Å². The van der Waals surface area contributed by atoms with Crippen molar-refractivity contribution in [3.63, 3.8) is 0 Å². The van der Waals surface area contributed by atoms with Gasteiger partial charge in [-0.3, -0.25) is 13.9 Å². The van der Waals surface area contributed by atoms with Gasteiger partial charge in [0.05, 0.1) is 11.9 Å². The molecule has 0 aromatic heterocycles. The number of aryl methyl sites for hydroxylation is 3. The average Bonchev–Trinajstić information content (AvgIpc) is 2.77. The van der Waals surface area contributed by atoms with Crippen LogP contribution in [0.2, 0.25) is 0 Å². The van der Waals surface area contributed by atoms with Crippen LogP contribution in [0.15, 0.2) is 60.7 Å². The minimum Gasteiger partial charge on any atom is -0.324 e. The van der Waals surface area contributed by atoms with E-state index in [9.17, 15) is 18.0 Å². The molecule has 7 nitrogen and oxygen atoms in total. The molecule has 0 fully saturated rings. The highest BCUT2D eigenvalue weighted by molar-refractivity contribution is 7.92. The lowest BCUT2D eigenvalue weighted by Gasteiger charge is -2.26. The Morgan fingerprint density at radius 3 is 1.89 bits per heavy atom. The van der Waals surface area contributed by atoms with Crippen molar-refractivity contribution < 1.29 is 18.0 Å². The van der Waals surface area contributed by atoms with Gasteiger partial charge in [0.2, 0.25) is 15.9 Å². The molecular formula is C29H35N3O4S. The van der Waals surface area contributed by atoms with Crippen LogP contribution in [0, 0.1) is 20.8 Å². The SMILES string of the molecule is Cc1cc(C)c(N(CC(=O)Nc2cccc(NC(=O)c3ccc(C(C)(C)C)cc3)c2)S(C)(=O)=O)c(C)c1. The Morgan fingerprint density at radius 2 is 1.38 bits per heavy atom. The zero-order valence-electron chi connectivity index (χ0n) is 22.5. The molecule has 0 atom stereocenters. The van der Waals surface area contributed by atoms with E-state index in [4.69, 9.17) is 0 Å². The second-order valence-electron chi connectivity index (χ2n) is 10.4. The number of carbonyl (C=O) groups is 2. The summed E-state index contributed by atoms with van der Waals surface area (Å²) in [6.45, 7) is 11.6. The van der Waals surface area contributed by atoms with Crippen molar-refractivity contribution in [2.75, 3.05) is 27.7 Å². The summed E-state index contributed by atoms with van der Waals surface area (Å²) < 4.78 is 26.3. The first kappa shape index (κ1) is 27.9. The quantitative estimate of drug-likeness (QED) is 0.425. The average molecular weight is 522 g/mol. The molecule has 0 aliphatic rings. The Bertz CT molecular complexity index is 1400. The fraction of sp³-hybridized carbons (Fsp3) is 0.310.